The Balaban J connectivity index is 1.87. The van der Waals surface area contributed by atoms with Crippen LogP contribution < -0.4 is 15.5 Å². The highest BCUT2D eigenvalue weighted by Crippen LogP contribution is 2.19. The van der Waals surface area contributed by atoms with Crippen LogP contribution in [0.2, 0.25) is 0 Å². The van der Waals surface area contributed by atoms with Gasteiger partial charge in [0.25, 0.3) is 0 Å². The first-order chi connectivity index (χ1) is 10.6. The van der Waals surface area contributed by atoms with Crippen molar-refractivity contribution in [2.24, 2.45) is 0 Å². The lowest BCUT2D eigenvalue weighted by Crippen LogP contribution is -2.36. The van der Waals surface area contributed by atoms with Crippen LogP contribution in [0.1, 0.15) is 5.56 Å². The molecule has 0 unspecified atom stereocenters. The third-order valence-corrected chi connectivity index (χ3v) is 3.05. The van der Waals surface area contributed by atoms with E-state index in [1.807, 2.05) is 6.07 Å². The molecule has 0 saturated carbocycles. The number of anilines is 1. The molecule has 1 saturated heterocycles. The minimum atomic E-state index is -0.662. The number of alkyl carbamates (subject to hydrolysis) is 1. The number of cyclic esters (lactones) is 1. The molecule has 0 aromatic heterocycles. The molecule has 1 aliphatic heterocycles. The van der Waals surface area contributed by atoms with E-state index in [2.05, 4.69) is 15.4 Å². The van der Waals surface area contributed by atoms with Gasteiger partial charge in [0, 0.05) is 12.2 Å². The number of amides is 3. The average molecular weight is 307 g/mol. The van der Waals surface area contributed by atoms with Gasteiger partial charge in [0.1, 0.15) is 13.2 Å². The first-order valence-electron chi connectivity index (χ1n) is 6.72. The second-order valence-electron chi connectivity index (χ2n) is 4.56. The van der Waals surface area contributed by atoms with Crippen molar-refractivity contribution in [1.29, 1.82) is 0 Å². The SMILES string of the molecule is COC(=O)NCC(=O)NCc1cccc(N2CCOC2=O)c1. The largest absolute Gasteiger partial charge is 0.453 e. The molecular formula is C14H17N3O5. The van der Waals surface area contributed by atoms with Crippen molar-refractivity contribution >= 4 is 23.8 Å². The van der Waals surface area contributed by atoms with Crippen LogP contribution in [0.3, 0.4) is 0 Å². The summed E-state index contributed by atoms with van der Waals surface area (Å²) in [6.45, 7) is 1.01. The number of methoxy groups -OCH3 is 1. The van der Waals surface area contributed by atoms with Crippen LogP contribution in [-0.2, 0) is 20.8 Å². The smallest absolute Gasteiger partial charge is 0.414 e. The predicted molar refractivity (Wildman–Crippen MR) is 77.4 cm³/mol. The first kappa shape index (κ1) is 15.6. The summed E-state index contributed by atoms with van der Waals surface area (Å²) in [5.74, 6) is -0.337. The van der Waals surface area contributed by atoms with Crippen LogP contribution in [-0.4, -0.2) is 44.9 Å². The molecule has 0 radical (unpaired) electrons. The number of nitrogens with zero attached hydrogens (tertiary/aromatic N) is 1. The number of benzene rings is 1. The fraction of sp³-hybridized carbons (Fsp3) is 0.357. The Morgan fingerprint density at radius 2 is 2.18 bits per heavy atom. The number of rotatable bonds is 5. The minimum Gasteiger partial charge on any atom is -0.453 e. The maximum atomic E-state index is 11.6. The summed E-state index contributed by atoms with van der Waals surface area (Å²) in [6, 6.07) is 7.24. The zero-order valence-electron chi connectivity index (χ0n) is 12.1. The van der Waals surface area contributed by atoms with Crippen LogP contribution in [0, 0.1) is 0 Å². The molecule has 8 nitrogen and oxygen atoms in total. The topological polar surface area (TPSA) is 97.0 Å². The van der Waals surface area contributed by atoms with E-state index in [-0.39, 0.29) is 18.5 Å². The van der Waals surface area contributed by atoms with Gasteiger partial charge >= 0.3 is 12.2 Å². The van der Waals surface area contributed by atoms with Crippen molar-refractivity contribution < 1.29 is 23.9 Å². The summed E-state index contributed by atoms with van der Waals surface area (Å²) in [7, 11) is 1.22. The van der Waals surface area contributed by atoms with Crippen molar-refractivity contribution in [3.05, 3.63) is 29.8 Å². The molecule has 0 spiro atoms. The molecular weight excluding hydrogens is 290 g/mol. The molecule has 1 aliphatic rings. The number of hydrogen-bond donors (Lipinski definition) is 2. The lowest BCUT2D eigenvalue weighted by Gasteiger charge is -2.14. The number of nitrogens with one attached hydrogen (secondary N) is 2. The van der Waals surface area contributed by atoms with Gasteiger partial charge in [-0.15, -0.1) is 0 Å². The molecule has 2 rings (SSSR count). The molecule has 1 aromatic carbocycles. The summed E-state index contributed by atoms with van der Waals surface area (Å²) in [5.41, 5.74) is 1.56. The molecule has 1 fully saturated rings. The monoisotopic (exact) mass is 307 g/mol. The van der Waals surface area contributed by atoms with E-state index in [1.165, 1.54) is 12.0 Å². The summed E-state index contributed by atoms with van der Waals surface area (Å²) >= 11 is 0. The quantitative estimate of drug-likeness (QED) is 0.831. The second-order valence-corrected chi connectivity index (χ2v) is 4.56. The van der Waals surface area contributed by atoms with Crippen LogP contribution in [0.25, 0.3) is 0 Å². The molecule has 0 bridgehead atoms. The highest BCUT2D eigenvalue weighted by atomic mass is 16.6. The second kappa shape index (κ2) is 7.30. The van der Waals surface area contributed by atoms with E-state index in [4.69, 9.17) is 4.74 Å². The van der Waals surface area contributed by atoms with Gasteiger partial charge in [-0.25, -0.2) is 9.59 Å². The molecule has 22 heavy (non-hydrogen) atoms. The predicted octanol–water partition coefficient (Wildman–Crippen LogP) is 0.615. The first-order valence-corrected chi connectivity index (χ1v) is 6.72. The maximum absolute atomic E-state index is 11.6. The van der Waals surface area contributed by atoms with Crippen LogP contribution in [0.4, 0.5) is 15.3 Å². The van der Waals surface area contributed by atoms with Gasteiger partial charge in [-0.1, -0.05) is 12.1 Å². The Labute approximate surface area is 127 Å². The molecule has 0 atom stereocenters. The van der Waals surface area contributed by atoms with E-state index >= 15 is 0 Å². The summed E-state index contributed by atoms with van der Waals surface area (Å²) < 4.78 is 9.25. The Hall–Kier alpha value is -2.77. The van der Waals surface area contributed by atoms with E-state index in [0.717, 1.165) is 11.3 Å². The van der Waals surface area contributed by atoms with Crippen molar-refractivity contribution in [3.63, 3.8) is 0 Å². The Bertz CT molecular complexity index is 575. The fourth-order valence-corrected chi connectivity index (χ4v) is 1.95. The van der Waals surface area contributed by atoms with Gasteiger partial charge in [0.15, 0.2) is 0 Å². The standard InChI is InChI=1S/C14H17N3O5/c1-21-13(19)16-9-12(18)15-8-10-3-2-4-11(7-10)17-5-6-22-14(17)20/h2-4,7H,5-6,8-9H2,1H3,(H,15,18)(H,16,19). The Morgan fingerprint density at radius 1 is 1.36 bits per heavy atom. The normalized spacial score (nSPS) is 13.5. The third kappa shape index (κ3) is 4.11. The highest BCUT2D eigenvalue weighted by Gasteiger charge is 2.23. The summed E-state index contributed by atoms with van der Waals surface area (Å²) in [5, 5.41) is 4.95. The molecule has 8 heteroatoms. The van der Waals surface area contributed by atoms with Crippen molar-refractivity contribution in [2.75, 3.05) is 31.7 Å². The molecule has 118 valence electrons. The fourth-order valence-electron chi connectivity index (χ4n) is 1.95. The Kier molecular flexibility index (Phi) is 5.18. The average Bonchev–Trinajstić information content (AvgIpc) is 2.97. The molecule has 0 aliphatic carbocycles. The Morgan fingerprint density at radius 3 is 2.86 bits per heavy atom. The number of hydrogen-bond acceptors (Lipinski definition) is 5. The number of carbonyl (C=O) groups excluding carboxylic acids is 3. The van der Waals surface area contributed by atoms with Crippen LogP contribution in [0.15, 0.2) is 24.3 Å². The number of carbonyl (C=O) groups is 3. The molecule has 2 N–H and O–H groups in total. The van der Waals surface area contributed by atoms with E-state index in [9.17, 15) is 14.4 Å². The van der Waals surface area contributed by atoms with E-state index in [0.29, 0.717) is 19.7 Å². The maximum Gasteiger partial charge on any atom is 0.414 e. The van der Waals surface area contributed by atoms with Gasteiger partial charge < -0.3 is 20.1 Å². The summed E-state index contributed by atoms with van der Waals surface area (Å²) in [6.07, 6.45) is -1.03. The molecule has 1 heterocycles. The minimum absolute atomic E-state index is 0.162. The number of ether oxygens (including phenoxy) is 2. The van der Waals surface area contributed by atoms with Gasteiger partial charge in [-0.2, -0.15) is 0 Å². The van der Waals surface area contributed by atoms with Crippen LogP contribution in [0.5, 0.6) is 0 Å². The van der Waals surface area contributed by atoms with Gasteiger partial charge in [0.2, 0.25) is 5.91 Å². The van der Waals surface area contributed by atoms with Crippen molar-refractivity contribution in [1.82, 2.24) is 10.6 Å². The van der Waals surface area contributed by atoms with Crippen molar-refractivity contribution in [3.8, 4) is 0 Å². The van der Waals surface area contributed by atoms with Crippen LogP contribution >= 0.6 is 0 Å². The molecule has 1 aromatic rings. The van der Waals surface area contributed by atoms with Gasteiger partial charge in [0.05, 0.1) is 13.7 Å². The highest BCUT2D eigenvalue weighted by molar-refractivity contribution is 5.89. The van der Waals surface area contributed by atoms with E-state index in [1.54, 1.807) is 18.2 Å². The third-order valence-electron chi connectivity index (χ3n) is 3.05. The lowest BCUT2D eigenvalue weighted by atomic mass is 10.2. The zero-order valence-corrected chi connectivity index (χ0v) is 12.1. The van der Waals surface area contributed by atoms with Crippen molar-refractivity contribution in [2.45, 2.75) is 6.54 Å². The lowest BCUT2D eigenvalue weighted by molar-refractivity contribution is -0.120. The van der Waals surface area contributed by atoms with Gasteiger partial charge in [-0.05, 0) is 17.7 Å². The summed E-state index contributed by atoms with van der Waals surface area (Å²) in [4.78, 5) is 35.5. The van der Waals surface area contributed by atoms with Gasteiger partial charge in [-0.3, -0.25) is 9.69 Å². The van der Waals surface area contributed by atoms with E-state index < -0.39 is 6.09 Å². The molecule has 3 amide bonds. The zero-order chi connectivity index (χ0) is 15.9.